The molecule has 1 aliphatic rings. The summed E-state index contributed by atoms with van der Waals surface area (Å²) in [6, 6.07) is 4.08. The van der Waals surface area contributed by atoms with E-state index in [0.29, 0.717) is 12.1 Å². The number of amides is 1. The fourth-order valence-electron chi connectivity index (χ4n) is 3.06. The van der Waals surface area contributed by atoms with Gasteiger partial charge < -0.3 is 10.0 Å². The van der Waals surface area contributed by atoms with Crippen LogP contribution in [0.4, 0.5) is 5.69 Å². The summed E-state index contributed by atoms with van der Waals surface area (Å²) < 4.78 is 26.5. The Bertz CT molecular complexity index is 773. The van der Waals surface area contributed by atoms with Crippen molar-refractivity contribution in [2.24, 2.45) is 0 Å². The molecule has 0 radical (unpaired) electrons. The molecule has 0 fully saturated rings. The van der Waals surface area contributed by atoms with Gasteiger partial charge in [-0.3, -0.25) is 9.59 Å². The van der Waals surface area contributed by atoms with Gasteiger partial charge in [-0.05, 0) is 51.0 Å². The monoisotopic (exact) mass is 354 g/mol. The average molecular weight is 354 g/mol. The largest absolute Gasteiger partial charge is 0.480 e. The second kappa shape index (κ2) is 6.52. The van der Waals surface area contributed by atoms with Gasteiger partial charge in [0.25, 0.3) is 0 Å². The second-order valence-corrected chi connectivity index (χ2v) is 8.16. The van der Waals surface area contributed by atoms with Crippen molar-refractivity contribution < 1.29 is 23.1 Å². The van der Waals surface area contributed by atoms with E-state index in [2.05, 4.69) is 0 Å². The number of sulfonamides is 1. The van der Waals surface area contributed by atoms with Crippen molar-refractivity contribution in [3.63, 3.8) is 0 Å². The molecule has 8 heteroatoms. The zero-order chi connectivity index (χ0) is 18.2. The average Bonchev–Trinajstić information content (AvgIpc) is 2.78. The molecule has 1 N–H and O–H groups in total. The van der Waals surface area contributed by atoms with E-state index < -0.39 is 28.6 Å². The highest BCUT2D eigenvalue weighted by molar-refractivity contribution is 7.89. The Labute approximate surface area is 141 Å². The molecule has 0 aromatic heterocycles. The van der Waals surface area contributed by atoms with Crippen LogP contribution >= 0.6 is 0 Å². The molecule has 0 saturated carbocycles. The van der Waals surface area contributed by atoms with Crippen LogP contribution in [0.5, 0.6) is 0 Å². The highest BCUT2D eigenvalue weighted by Crippen LogP contribution is 2.34. The molecule has 1 aromatic rings. The minimum atomic E-state index is -3.92. The topological polar surface area (TPSA) is 95.0 Å². The summed E-state index contributed by atoms with van der Waals surface area (Å²) in [6.07, 6.45) is 0.568. The Hall–Kier alpha value is -1.93. The first kappa shape index (κ1) is 18.4. The molecule has 132 valence electrons. The normalized spacial score (nSPS) is 17.4. The van der Waals surface area contributed by atoms with E-state index in [9.17, 15) is 18.0 Å². The molecule has 1 aliphatic heterocycles. The van der Waals surface area contributed by atoms with Gasteiger partial charge in [0.1, 0.15) is 6.54 Å². The van der Waals surface area contributed by atoms with Crippen LogP contribution in [0.25, 0.3) is 0 Å². The number of carboxylic acids is 1. The number of benzene rings is 1. The Morgan fingerprint density at radius 2 is 2.00 bits per heavy atom. The summed E-state index contributed by atoms with van der Waals surface area (Å²) in [5.41, 5.74) is 1.49. The molecule has 0 spiro atoms. The number of aliphatic carboxylic acids is 1. The molecule has 24 heavy (non-hydrogen) atoms. The number of hydrogen-bond donors (Lipinski definition) is 1. The molecule has 0 saturated heterocycles. The fraction of sp³-hybridized carbons (Fsp3) is 0.500. The van der Waals surface area contributed by atoms with Crippen molar-refractivity contribution in [1.29, 1.82) is 0 Å². The maximum atomic E-state index is 12.8. The van der Waals surface area contributed by atoms with Crippen molar-refractivity contribution in [3.05, 3.63) is 23.8 Å². The third-order valence-corrected chi connectivity index (χ3v) is 6.10. The van der Waals surface area contributed by atoms with Crippen molar-refractivity contribution in [3.8, 4) is 0 Å². The van der Waals surface area contributed by atoms with Gasteiger partial charge in [-0.25, -0.2) is 8.42 Å². The standard InChI is InChI=1S/C16H22N2O5S/c1-10(2)17(9-16(20)21)24(22,23)14-5-6-15-13(8-14)7-11(3)18(15)12(4)19/h5-6,8,10-11H,7,9H2,1-4H3,(H,20,21). The predicted octanol–water partition coefficient (Wildman–Crippen LogP) is 1.47. The van der Waals surface area contributed by atoms with Crippen LogP contribution < -0.4 is 4.90 Å². The number of rotatable bonds is 5. The molecule has 1 atom stereocenters. The number of carbonyl (C=O) groups excluding carboxylic acids is 1. The Morgan fingerprint density at radius 1 is 1.38 bits per heavy atom. The quantitative estimate of drug-likeness (QED) is 0.864. The molecule has 1 heterocycles. The van der Waals surface area contributed by atoms with Crippen molar-refractivity contribution in [1.82, 2.24) is 4.31 Å². The zero-order valence-electron chi connectivity index (χ0n) is 14.2. The van der Waals surface area contributed by atoms with Crippen LogP contribution in [-0.4, -0.2) is 48.3 Å². The van der Waals surface area contributed by atoms with Crippen LogP contribution in [0.1, 0.15) is 33.3 Å². The molecular weight excluding hydrogens is 332 g/mol. The highest BCUT2D eigenvalue weighted by Gasteiger charge is 2.33. The second-order valence-electron chi connectivity index (χ2n) is 6.27. The number of anilines is 1. The molecular formula is C16H22N2O5S. The summed E-state index contributed by atoms with van der Waals surface area (Å²) in [4.78, 5) is 24.4. The van der Waals surface area contributed by atoms with Crippen LogP contribution in [0.3, 0.4) is 0 Å². The van der Waals surface area contributed by atoms with E-state index in [1.165, 1.54) is 13.0 Å². The molecule has 7 nitrogen and oxygen atoms in total. The van der Waals surface area contributed by atoms with Crippen LogP contribution in [-0.2, 0) is 26.0 Å². The molecule has 2 rings (SSSR count). The van der Waals surface area contributed by atoms with Gasteiger partial charge in [0.05, 0.1) is 4.90 Å². The first-order valence-corrected chi connectivity index (χ1v) is 9.16. The minimum Gasteiger partial charge on any atom is -0.480 e. The van der Waals surface area contributed by atoms with E-state index in [4.69, 9.17) is 5.11 Å². The number of nitrogens with zero attached hydrogens (tertiary/aromatic N) is 2. The van der Waals surface area contributed by atoms with Gasteiger partial charge >= 0.3 is 5.97 Å². The van der Waals surface area contributed by atoms with Gasteiger partial charge in [-0.15, -0.1) is 0 Å². The minimum absolute atomic E-state index is 0.0318. The number of carbonyl (C=O) groups is 2. The van der Waals surface area contributed by atoms with E-state index in [1.807, 2.05) is 6.92 Å². The first-order valence-electron chi connectivity index (χ1n) is 7.72. The third-order valence-electron chi connectivity index (χ3n) is 4.08. The van der Waals surface area contributed by atoms with Gasteiger partial charge in [0.2, 0.25) is 15.9 Å². The maximum absolute atomic E-state index is 12.8. The summed E-state index contributed by atoms with van der Waals surface area (Å²) in [7, 11) is -3.92. The highest BCUT2D eigenvalue weighted by atomic mass is 32.2. The van der Waals surface area contributed by atoms with Crippen molar-refractivity contribution in [2.45, 2.75) is 51.1 Å². The summed E-state index contributed by atoms with van der Waals surface area (Å²) in [5.74, 6) is -1.30. The van der Waals surface area contributed by atoms with Crippen LogP contribution in [0, 0.1) is 0 Å². The summed E-state index contributed by atoms with van der Waals surface area (Å²) in [5, 5.41) is 8.98. The smallest absolute Gasteiger partial charge is 0.318 e. The SMILES string of the molecule is CC(=O)N1c2ccc(S(=O)(=O)N(CC(=O)O)C(C)C)cc2CC1C. The lowest BCUT2D eigenvalue weighted by atomic mass is 10.1. The summed E-state index contributed by atoms with van der Waals surface area (Å²) in [6.45, 7) is 6.05. The fourth-order valence-corrected chi connectivity index (χ4v) is 4.70. The van der Waals surface area contributed by atoms with Crippen molar-refractivity contribution in [2.75, 3.05) is 11.4 Å². The summed E-state index contributed by atoms with van der Waals surface area (Å²) >= 11 is 0. The zero-order valence-corrected chi connectivity index (χ0v) is 15.0. The lowest BCUT2D eigenvalue weighted by Gasteiger charge is -2.24. The van der Waals surface area contributed by atoms with E-state index in [-0.39, 0.29) is 16.8 Å². The van der Waals surface area contributed by atoms with Gasteiger partial charge in [0, 0.05) is 24.7 Å². The Morgan fingerprint density at radius 3 is 2.50 bits per heavy atom. The van der Waals surface area contributed by atoms with Crippen molar-refractivity contribution >= 4 is 27.6 Å². The predicted molar refractivity (Wildman–Crippen MR) is 89.4 cm³/mol. The third kappa shape index (κ3) is 3.29. The molecule has 1 aromatic carbocycles. The van der Waals surface area contributed by atoms with E-state index in [0.717, 1.165) is 9.87 Å². The molecule has 0 aliphatic carbocycles. The lowest BCUT2D eigenvalue weighted by molar-refractivity contribution is -0.137. The molecule has 1 amide bonds. The maximum Gasteiger partial charge on any atom is 0.318 e. The van der Waals surface area contributed by atoms with Crippen LogP contribution in [0.15, 0.2) is 23.1 Å². The van der Waals surface area contributed by atoms with Gasteiger partial charge in [-0.2, -0.15) is 4.31 Å². The number of hydrogen-bond acceptors (Lipinski definition) is 4. The Kier molecular flexibility index (Phi) is 5.00. The Balaban J connectivity index is 2.45. The van der Waals surface area contributed by atoms with Crippen LogP contribution in [0.2, 0.25) is 0 Å². The number of carboxylic acid groups (broad SMARTS) is 1. The van der Waals surface area contributed by atoms with Gasteiger partial charge in [-0.1, -0.05) is 0 Å². The molecule has 1 unspecified atom stereocenters. The molecule has 0 bridgehead atoms. The number of fused-ring (bicyclic) bond motifs is 1. The van der Waals surface area contributed by atoms with E-state index in [1.54, 1.807) is 30.9 Å². The van der Waals surface area contributed by atoms with E-state index >= 15 is 0 Å². The van der Waals surface area contributed by atoms with Gasteiger partial charge in [0.15, 0.2) is 0 Å². The lowest BCUT2D eigenvalue weighted by Crippen LogP contribution is -2.40. The first-order chi connectivity index (χ1) is 11.1.